The summed E-state index contributed by atoms with van der Waals surface area (Å²) in [6.07, 6.45) is 3.48. The first-order valence-electron chi connectivity index (χ1n) is 8.17. The van der Waals surface area contributed by atoms with E-state index in [-0.39, 0.29) is 0 Å². The summed E-state index contributed by atoms with van der Waals surface area (Å²) in [4.78, 5) is 0.719. The lowest BCUT2D eigenvalue weighted by Gasteiger charge is -2.29. The Bertz CT molecular complexity index is 820. The summed E-state index contributed by atoms with van der Waals surface area (Å²) in [6, 6.07) is 17.1. The van der Waals surface area contributed by atoms with E-state index in [9.17, 15) is 4.21 Å². The van der Waals surface area contributed by atoms with Crippen LogP contribution in [0.2, 0.25) is 0 Å². The molecule has 0 N–H and O–H groups in total. The van der Waals surface area contributed by atoms with Gasteiger partial charge in [0.2, 0.25) is 0 Å². The summed E-state index contributed by atoms with van der Waals surface area (Å²) in [5, 5.41) is 0. The lowest BCUT2D eigenvalue weighted by molar-refractivity contribution is 0.0745. The maximum Gasteiger partial charge on any atom is 0.144 e. The molecule has 0 amide bonds. The van der Waals surface area contributed by atoms with E-state index in [1.165, 1.54) is 0 Å². The van der Waals surface area contributed by atoms with E-state index in [0.717, 1.165) is 16.2 Å². The van der Waals surface area contributed by atoms with Gasteiger partial charge in [0.15, 0.2) is 0 Å². The number of benzene rings is 2. The molecule has 0 radical (unpaired) electrons. The summed E-state index contributed by atoms with van der Waals surface area (Å²) < 4.78 is 30.6. The summed E-state index contributed by atoms with van der Waals surface area (Å²) in [7, 11) is -1.05. The highest BCUT2D eigenvalue weighted by Gasteiger charge is 2.24. The van der Waals surface area contributed by atoms with Gasteiger partial charge in [0.1, 0.15) is 15.7 Å². The van der Waals surface area contributed by atoms with Gasteiger partial charge in [-0.25, -0.2) is 8.51 Å². The van der Waals surface area contributed by atoms with Crippen LogP contribution in [0.25, 0.3) is 6.08 Å². The zero-order chi connectivity index (χ0) is 17.5. The fourth-order valence-corrected chi connectivity index (χ4v) is 4.52. The van der Waals surface area contributed by atoms with E-state index in [1.54, 1.807) is 13.3 Å². The van der Waals surface area contributed by atoms with Crippen molar-refractivity contribution in [3.05, 3.63) is 66.4 Å². The summed E-state index contributed by atoms with van der Waals surface area (Å²) >= 11 is 0. The standard InChI is InChI=1S/C19H22N2O3S/c1-23-18-9-7-17(8-10-18)11-12-20-25(22,19-5-3-2-4-6-19)21-13-15-24-16-14-21/h2-12H,13-16H2,1H3/b12-11+/t25-/m1/s1. The van der Waals surface area contributed by atoms with Crippen LogP contribution in [0.1, 0.15) is 5.56 Å². The third-order valence-electron chi connectivity index (χ3n) is 3.96. The van der Waals surface area contributed by atoms with Gasteiger partial charge in [-0.3, -0.25) is 0 Å². The fraction of sp³-hybridized carbons (Fsp3) is 0.263. The molecule has 5 nitrogen and oxygen atoms in total. The van der Waals surface area contributed by atoms with Crippen molar-refractivity contribution in [2.24, 2.45) is 4.36 Å². The molecule has 0 aliphatic carbocycles. The summed E-state index contributed by atoms with van der Waals surface area (Å²) in [5.41, 5.74) is 0.973. The molecular weight excluding hydrogens is 336 g/mol. The Morgan fingerprint density at radius 3 is 2.40 bits per heavy atom. The molecule has 2 aromatic rings. The highest BCUT2D eigenvalue weighted by Crippen LogP contribution is 2.20. The van der Waals surface area contributed by atoms with Gasteiger partial charge < -0.3 is 9.47 Å². The minimum Gasteiger partial charge on any atom is -0.497 e. The lowest BCUT2D eigenvalue weighted by atomic mass is 10.2. The van der Waals surface area contributed by atoms with Crippen LogP contribution >= 0.6 is 0 Å². The van der Waals surface area contributed by atoms with Crippen LogP contribution in [-0.2, 0) is 14.7 Å². The smallest absolute Gasteiger partial charge is 0.144 e. The molecule has 3 rings (SSSR count). The second-order valence-electron chi connectivity index (χ2n) is 5.55. The molecule has 1 aliphatic heterocycles. The summed E-state index contributed by atoms with van der Waals surface area (Å²) in [6.45, 7) is 2.35. The zero-order valence-corrected chi connectivity index (χ0v) is 15.0. The second kappa shape index (κ2) is 8.29. The first-order valence-corrected chi connectivity index (χ1v) is 9.64. The maximum atomic E-state index is 13.7. The number of ether oxygens (including phenoxy) is 2. The molecule has 0 spiro atoms. The van der Waals surface area contributed by atoms with Crippen LogP contribution in [-0.4, -0.2) is 41.9 Å². The molecular formula is C19H22N2O3S. The van der Waals surface area contributed by atoms with Crippen LogP contribution in [0.5, 0.6) is 5.75 Å². The van der Waals surface area contributed by atoms with Crippen molar-refractivity contribution < 1.29 is 13.7 Å². The molecule has 0 unspecified atom stereocenters. The van der Waals surface area contributed by atoms with E-state index < -0.39 is 9.92 Å². The quantitative estimate of drug-likeness (QED) is 0.823. The Kier molecular flexibility index (Phi) is 5.86. The van der Waals surface area contributed by atoms with Gasteiger partial charge in [0.25, 0.3) is 0 Å². The molecule has 0 aromatic heterocycles. The third kappa shape index (κ3) is 4.28. The number of methoxy groups -OCH3 is 1. The van der Waals surface area contributed by atoms with Crippen molar-refractivity contribution >= 4 is 16.0 Å². The molecule has 2 aromatic carbocycles. The van der Waals surface area contributed by atoms with E-state index in [4.69, 9.17) is 9.47 Å². The monoisotopic (exact) mass is 358 g/mol. The van der Waals surface area contributed by atoms with Crippen molar-refractivity contribution in [2.75, 3.05) is 33.4 Å². The van der Waals surface area contributed by atoms with Crippen LogP contribution in [0.4, 0.5) is 0 Å². The van der Waals surface area contributed by atoms with Gasteiger partial charge in [-0.2, -0.15) is 4.36 Å². The average molecular weight is 358 g/mol. The van der Waals surface area contributed by atoms with Crippen molar-refractivity contribution in [1.29, 1.82) is 0 Å². The molecule has 25 heavy (non-hydrogen) atoms. The minimum absolute atomic E-state index is 0.571. The van der Waals surface area contributed by atoms with E-state index in [0.29, 0.717) is 26.3 Å². The van der Waals surface area contributed by atoms with Gasteiger partial charge in [-0.15, -0.1) is 0 Å². The van der Waals surface area contributed by atoms with Crippen LogP contribution in [0.3, 0.4) is 0 Å². The average Bonchev–Trinajstić information content (AvgIpc) is 2.70. The van der Waals surface area contributed by atoms with Gasteiger partial charge in [-0.1, -0.05) is 30.3 Å². The number of rotatable bonds is 5. The first-order chi connectivity index (χ1) is 12.2. The van der Waals surface area contributed by atoms with E-state index in [2.05, 4.69) is 4.36 Å². The Labute approximate surface area is 149 Å². The molecule has 1 saturated heterocycles. The molecule has 1 aliphatic rings. The van der Waals surface area contributed by atoms with Gasteiger partial charge in [-0.05, 0) is 35.9 Å². The van der Waals surface area contributed by atoms with E-state index in [1.807, 2.05) is 65.0 Å². The van der Waals surface area contributed by atoms with Crippen LogP contribution in [0, 0.1) is 0 Å². The lowest BCUT2D eigenvalue weighted by Crippen LogP contribution is -2.40. The van der Waals surface area contributed by atoms with Crippen molar-refractivity contribution in [1.82, 2.24) is 4.31 Å². The molecule has 1 fully saturated rings. The highest BCUT2D eigenvalue weighted by atomic mass is 32.2. The Morgan fingerprint density at radius 2 is 1.76 bits per heavy atom. The van der Waals surface area contributed by atoms with Crippen LogP contribution < -0.4 is 4.74 Å². The highest BCUT2D eigenvalue weighted by molar-refractivity contribution is 7.91. The number of hydrogen-bond acceptors (Lipinski definition) is 4. The number of hydrogen-bond donors (Lipinski definition) is 0. The maximum absolute atomic E-state index is 13.7. The Morgan fingerprint density at radius 1 is 1.08 bits per heavy atom. The van der Waals surface area contributed by atoms with Gasteiger partial charge in [0.05, 0.1) is 25.2 Å². The van der Waals surface area contributed by atoms with Crippen molar-refractivity contribution in [3.63, 3.8) is 0 Å². The largest absolute Gasteiger partial charge is 0.497 e. The topological polar surface area (TPSA) is 51.1 Å². The molecule has 6 heteroatoms. The Balaban J connectivity index is 1.91. The first kappa shape index (κ1) is 17.7. The fourth-order valence-electron chi connectivity index (χ4n) is 2.58. The molecule has 0 bridgehead atoms. The predicted molar refractivity (Wildman–Crippen MR) is 99.7 cm³/mol. The molecule has 0 saturated carbocycles. The van der Waals surface area contributed by atoms with Crippen LogP contribution in [0.15, 0.2) is 70.1 Å². The molecule has 1 heterocycles. The zero-order valence-electron chi connectivity index (χ0n) is 14.2. The van der Waals surface area contributed by atoms with Gasteiger partial charge >= 0.3 is 0 Å². The number of nitrogens with zero attached hydrogens (tertiary/aromatic N) is 2. The van der Waals surface area contributed by atoms with E-state index >= 15 is 0 Å². The minimum atomic E-state index is -2.69. The summed E-state index contributed by atoms with van der Waals surface area (Å²) in [5.74, 6) is 0.801. The normalized spacial score (nSPS) is 18.0. The van der Waals surface area contributed by atoms with Crippen molar-refractivity contribution in [2.45, 2.75) is 4.90 Å². The Hall–Kier alpha value is -2.15. The molecule has 1 atom stereocenters. The van der Waals surface area contributed by atoms with Gasteiger partial charge in [0, 0.05) is 19.3 Å². The SMILES string of the molecule is COc1ccc(/C=C/N=[S@](=O)(c2ccccc2)N2CCOCC2)cc1. The molecule has 132 valence electrons. The second-order valence-corrected chi connectivity index (χ2v) is 7.74. The van der Waals surface area contributed by atoms with Crippen molar-refractivity contribution in [3.8, 4) is 5.75 Å². The number of morpholine rings is 1. The third-order valence-corrected chi connectivity index (χ3v) is 6.32. The predicted octanol–water partition coefficient (Wildman–Crippen LogP) is 3.44.